The topological polar surface area (TPSA) is 114 Å². The van der Waals surface area contributed by atoms with Crippen LogP contribution in [0.4, 0.5) is 5.69 Å². The van der Waals surface area contributed by atoms with Gasteiger partial charge < -0.3 is 11.1 Å². The van der Waals surface area contributed by atoms with Crippen LogP contribution in [0.1, 0.15) is 12.1 Å². The largest absolute Gasteiger partial charge is 0.329 e. The zero-order chi connectivity index (χ0) is 17.4. The molecule has 0 unspecified atom stereocenters. The molecule has 2 rings (SSSR count). The molecule has 7 nitrogen and oxygen atoms in total. The molecule has 0 aliphatic heterocycles. The molecular weight excluding hydrogens is 399 g/mol. The Morgan fingerprint density at radius 1 is 1.12 bits per heavy atom. The van der Waals surface area contributed by atoms with E-state index in [0.29, 0.717) is 12.1 Å². The fourth-order valence-electron chi connectivity index (χ4n) is 2.03. The van der Waals surface area contributed by atoms with Crippen molar-refractivity contribution in [3.63, 3.8) is 0 Å². The molecule has 2 aromatic rings. The Morgan fingerprint density at radius 2 is 1.88 bits per heavy atom. The molecule has 0 saturated carbocycles. The number of aryl methyl sites for hydroxylation is 1. The molecule has 4 N–H and O–H groups in total. The Bertz CT molecular complexity index is 789. The average molecular weight is 421 g/mol. The number of hydrogen-bond acceptors (Lipinski definition) is 5. The number of nitrogens with two attached hydrogens (primary N) is 1. The van der Waals surface area contributed by atoms with Crippen LogP contribution in [0.3, 0.4) is 0 Å². The molecule has 1 aromatic carbocycles. The predicted molar refractivity (Wildman–Crippen MR) is 106 cm³/mol. The quantitative estimate of drug-likeness (QED) is 0.601. The lowest BCUT2D eigenvalue weighted by atomic mass is 10.2. The second kappa shape index (κ2) is 11.8. The lowest BCUT2D eigenvalue weighted by Crippen LogP contribution is -2.29. The van der Waals surface area contributed by atoms with Crippen LogP contribution in [0, 0.1) is 0 Å². The highest BCUT2D eigenvalue weighted by Crippen LogP contribution is 2.15. The molecule has 0 aliphatic rings. The van der Waals surface area contributed by atoms with Gasteiger partial charge in [0.2, 0.25) is 15.9 Å². The highest BCUT2D eigenvalue weighted by molar-refractivity contribution is 7.89. The van der Waals surface area contributed by atoms with Gasteiger partial charge in [0, 0.05) is 37.1 Å². The monoisotopic (exact) mass is 420 g/mol. The zero-order valence-electron chi connectivity index (χ0n) is 13.9. The normalized spacial score (nSPS) is 10.3. The number of sulfonamides is 1. The molecule has 1 aromatic heterocycles. The fourth-order valence-corrected chi connectivity index (χ4v) is 3.12. The maximum atomic E-state index is 12.1. The highest BCUT2D eigenvalue weighted by Gasteiger charge is 2.14. The molecule has 0 spiro atoms. The molecular formula is C16H22Cl2N4O3S. The number of anilines is 1. The van der Waals surface area contributed by atoms with E-state index < -0.39 is 10.0 Å². The van der Waals surface area contributed by atoms with Crippen LogP contribution in [0.25, 0.3) is 0 Å². The van der Waals surface area contributed by atoms with Gasteiger partial charge >= 0.3 is 0 Å². The Kier molecular flexibility index (Phi) is 11.0. The summed E-state index contributed by atoms with van der Waals surface area (Å²) in [5.41, 5.74) is 6.56. The van der Waals surface area contributed by atoms with Crippen molar-refractivity contribution in [2.24, 2.45) is 5.73 Å². The Hall–Kier alpha value is -1.71. The van der Waals surface area contributed by atoms with E-state index in [0.717, 1.165) is 5.69 Å². The molecule has 0 bridgehead atoms. The second-order valence-electron chi connectivity index (χ2n) is 5.08. The first-order valence-electron chi connectivity index (χ1n) is 7.51. The lowest BCUT2D eigenvalue weighted by Gasteiger charge is -2.09. The number of nitrogens with zero attached hydrogens (tertiary/aromatic N) is 1. The Labute approximate surface area is 165 Å². The van der Waals surface area contributed by atoms with Crippen molar-refractivity contribution in [2.75, 3.05) is 18.4 Å². The average Bonchev–Trinajstić information content (AvgIpc) is 2.59. The van der Waals surface area contributed by atoms with E-state index >= 15 is 0 Å². The van der Waals surface area contributed by atoms with Crippen LogP contribution in [-0.4, -0.2) is 32.4 Å². The van der Waals surface area contributed by atoms with E-state index in [1.54, 1.807) is 18.3 Å². The van der Waals surface area contributed by atoms with E-state index in [1.165, 1.54) is 12.1 Å². The number of carbonyl (C=O) groups excluding carboxylic acids is 1. The van der Waals surface area contributed by atoms with Crippen LogP contribution in [0.15, 0.2) is 53.6 Å². The second-order valence-corrected chi connectivity index (χ2v) is 6.85. The molecule has 1 amide bonds. The van der Waals surface area contributed by atoms with Crippen molar-refractivity contribution < 1.29 is 13.2 Å². The minimum atomic E-state index is -3.63. The number of carbonyl (C=O) groups is 1. The number of nitrogens with one attached hydrogen (secondary N) is 2. The number of pyridine rings is 1. The summed E-state index contributed by atoms with van der Waals surface area (Å²) in [6, 6.07) is 11.6. The smallest absolute Gasteiger partial charge is 0.240 e. The van der Waals surface area contributed by atoms with Gasteiger partial charge in [-0.25, -0.2) is 13.1 Å². The first-order chi connectivity index (χ1) is 11.5. The summed E-state index contributed by atoms with van der Waals surface area (Å²) in [7, 11) is -3.63. The summed E-state index contributed by atoms with van der Waals surface area (Å²) in [4.78, 5) is 16.2. The number of amides is 1. The van der Waals surface area contributed by atoms with Gasteiger partial charge in [-0.2, -0.15) is 0 Å². The summed E-state index contributed by atoms with van der Waals surface area (Å²) in [5, 5.41) is 2.70. The van der Waals surface area contributed by atoms with E-state index in [4.69, 9.17) is 5.73 Å². The third-order valence-electron chi connectivity index (χ3n) is 3.20. The van der Waals surface area contributed by atoms with Crippen molar-refractivity contribution in [3.05, 3.63) is 54.4 Å². The molecule has 26 heavy (non-hydrogen) atoms. The molecule has 0 radical (unpaired) electrons. The molecule has 144 valence electrons. The third kappa shape index (κ3) is 7.67. The maximum Gasteiger partial charge on any atom is 0.240 e. The SMILES string of the molecule is Cl.Cl.NCCNS(=O)(=O)c1cccc(NC(=O)CCc2ccccn2)c1. The first kappa shape index (κ1) is 24.3. The van der Waals surface area contributed by atoms with Crippen LogP contribution in [0.5, 0.6) is 0 Å². The predicted octanol–water partition coefficient (Wildman–Crippen LogP) is 1.73. The molecule has 0 saturated heterocycles. The van der Waals surface area contributed by atoms with Crippen molar-refractivity contribution >= 4 is 46.4 Å². The number of hydrogen-bond donors (Lipinski definition) is 3. The summed E-state index contributed by atoms with van der Waals surface area (Å²) in [6.07, 6.45) is 2.46. The third-order valence-corrected chi connectivity index (χ3v) is 4.66. The van der Waals surface area contributed by atoms with Gasteiger partial charge in [-0.15, -0.1) is 24.8 Å². The Morgan fingerprint density at radius 3 is 2.54 bits per heavy atom. The lowest BCUT2D eigenvalue weighted by molar-refractivity contribution is -0.116. The van der Waals surface area contributed by atoms with Gasteiger partial charge in [0.05, 0.1) is 4.90 Å². The van der Waals surface area contributed by atoms with Crippen LogP contribution in [-0.2, 0) is 21.2 Å². The number of rotatable bonds is 8. The van der Waals surface area contributed by atoms with Crippen LogP contribution < -0.4 is 15.8 Å². The summed E-state index contributed by atoms with van der Waals surface area (Å²) < 4.78 is 26.5. The molecule has 10 heteroatoms. The van der Waals surface area contributed by atoms with Crippen LogP contribution in [0.2, 0.25) is 0 Å². The molecule has 1 heterocycles. The Balaban J connectivity index is 0.00000312. The van der Waals surface area contributed by atoms with Gasteiger partial charge in [0.1, 0.15) is 0 Å². The molecule has 0 aliphatic carbocycles. The van der Waals surface area contributed by atoms with Gasteiger partial charge in [-0.3, -0.25) is 9.78 Å². The first-order valence-corrected chi connectivity index (χ1v) is 8.99. The fraction of sp³-hybridized carbons (Fsp3) is 0.250. The number of aromatic nitrogens is 1. The highest BCUT2D eigenvalue weighted by atomic mass is 35.5. The summed E-state index contributed by atoms with van der Waals surface area (Å²) in [6.45, 7) is 0.367. The maximum absolute atomic E-state index is 12.1. The van der Waals surface area contributed by atoms with Crippen LogP contribution >= 0.6 is 24.8 Å². The van der Waals surface area contributed by atoms with Crippen molar-refractivity contribution in [1.29, 1.82) is 0 Å². The summed E-state index contributed by atoms with van der Waals surface area (Å²) in [5.74, 6) is -0.204. The molecule has 0 fully saturated rings. The van der Waals surface area contributed by atoms with Crippen molar-refractivity contribution in [2.45, 2.75) is 17.7 Å². The van der Waals surface area contributed by atoms with E-state index in [1.807, 2.05) is 18.2 Å². The van der Waals surface area contributed by atoms with Crippen molar-refractivity contribution in [3.8, 4) is 0 Å². The van der Waals surface area contributed by atoms with Crippen molar-refractivity contribution in [1.82, 2.24) is 9.71 Å². The zero-order valence-corrected chi connectivity index (χ0v) is 16.4. The van der Waals surface area contributed by atoms with E-state index in [9.17, 15) is 13.2 Å². The van der Waals surface area contributed by atoms with Gasteiger partial charge in [0.25, 0.3) is 0 Å². The number of halogens is 2. The standard InChI is InChI=1S/C16H20N4O3S.2ClH/c17-9-11-19-24(22,23)15-6-3-5-14(12-15)20-16(21)8-7-13-4-1-2-10-18-13;;/h1-6,10,12,19H,7-9,11,17H2,(H,20,21);2*1H. The van der Waals surface area contributed by atoms with E-state index in [-0.39, 0.29) is 55.1 Å². The van der Waals surface area contributed by atoms with Gasteiger partial charge in [-0.1, -0.05) is 12.1 Å². The molecule has 0 atom stereocenters. The number of benzene rings is 1. The van der Waals surface area contributed by atoms with E-state index in [2.05, 4.69) is 15.0 Å². The summed E-state index contributed by atoms with van der Waals surface area (Å²) >= 11 is 0. The van der Waals surface area contributed by atoms with Gasteiger partial charge in [0.15, 0.2) is 0 Å². The minimum absolute atomic E-state index is 0. The van der Waals surface area contributed by atoms with Gasteiger partial charge in [-0.05, 0) is 36.8 Å². The minimum Gasteiger partial charge on any atom is -0.329 e.